The van der Waals surface area contributed by atoms with Crippen LogP contribution in [0, 0.1) is 0 Å². The van der Waals surface area contributed by atoms with E-state index in [0.717, 1.165) is 6.42 Å². The zero-order chi connectivity index (χ0) is 5.33. The van der Waals surface area contributed by atoms with Gasteiger partial charge in [-0.15, -0.1) is 0 Å². The van der Waals surface area contributed by atoms with Crippen LogP contribution >= 0.6 is 11.6 Å². The molecule has 7 heavy (non-hydrogen) atoms. The van der Waals surface area contributed by atoms with Crippen LogP contribution in [0.5, 0.6) is 0 Å². The molecule has 0 amide bonds. The number of alkyl halides is 1. The Morgan fingerprint density at radius 3 is 2.57 bits per heavy atom. The van der Waals surface area contributed by atoms with Gasteiger partial charge in [0, 0.05) is 6.42 Å². The Kier molecular flexibility index (Phi) is 1.24. The third-order valence-corrected chi connectivity index (χ3v) is 1.25. The van der Waals surface area contributed by atoms with Gasteiger partial charge in [0.15, 0.2) is 0 Å². The summed E-state index contributed by atoms with van der Waals surface area (Å²) in [5.41, 5.74) is 0. The Morgan fingerprint density at radius 1 is 1.71 bits per heavy atom. The molecule has 1 atom stereocenters. The summed E-state index contributed by atoms with van der Waals surface area (Å²) in [4.78, 5) is 0. The van der Waals surface area contributed by atoms with Gasteiger partial charge in [0.25, 0.3) is 0 Å². The fourth-order valence-corrected chi connectivity index (χ4v) is 0.802. The van der Waals surface area contributed by atoms with Crippen molar-refractivity contribution in [2.24, 2.45) is 0 Å². The van der Waals surface area contributed by atoms with E-state index in [0.29, 0.717) is 13.0 Å². The van der Waals surface area contributed by atoms with Crippen LogP contribution in [-0.2, 0) is 4.74 Å². The first-order chi connectivity index (χ1) is 3.21. The van der Waals surface area contributed by atoms with E-state index in [9.17, 15) is 0 Å². The molecule has 0 spiro atoms. The van der Waals surface area contributed by atoms with Crippen molar-refractivity contribution < 1.29 is 9.84 Å². The first kappa shape index (κ1) is 5.35. The SMILES string of the molecule is OC1(Cl)CCCO1. The van der Waals surface area contributed by atoms with E-state index in [1.165, 1.54) is 0 Å². The molecule has 1 heterocycles. The fourth-order valence-electron chi connectivity index (χ4n) is 0.591. The number of hydrogen-bond acceptors (Lipinski definition) is 2. The molecule has 1 N–H and O–H groups in total. The second kappa shape index (κ2) is 1.62. The van der Waals surface area contributed by atoms with Crippen molar-refractivity contribution in [2.45, 2.75) is 18.1 Å². The van der Waals surface area contributed by atoms with Gasteiger partial charge in [0.2, 0.25) is 5.25 Å². The lowest BCUT2D eigenvalue weighted by Gasteiger charge is -2.09. The Balaban J connectivity index is 2.40. The van der Waals surface area contributed by atoms with E-state index in [4.69, 9.17) is 16.7 Å². The summed E-state index contributed by atoms with van der Waals surface area (Å²) in [5.74, 6) is 0. The lowest BCUT2D eigenvalue weighted by Crippen LogP contribution is -2.16. The van der Waals surface area contributed by atoms with Crippen molar-refractivity contribution in [3.8, 4) is 0 Å². The molecule has 0 aromatic heterocycles. The van der Waals surface area contributed by atoms with Gasteiger partial charge in [-0.1, -0.05) is 11.6 Å². The van der Waals surface area contributed by atoms with Crippen molar-refractivity contribution in [2.75, 3.05) is 6.61 Å². The normalized spacial score (nSPS) is 42.0. The van der Waals surface area contributed by atoms with E-state index in [1.807, 2.05) is 0 Å². The highest BCUT2D eigenvalue weighted by atomic mass is 35.5. The third kappa shape index (κ3) is 1.30. The van der Waals surface area contributed by atoms with Gasteiger partial charge in [-0.05, 0) is 6.42 Å². The molecule has 3 heteroatoms. The van der Waals surface area contributed by atoms with Crippen LogP contribution in [0.2, 0.25) is 0 Å². The van der Waals surface area contributed by atoms with Crippen LogP contribution in [0.3, 0.4) is 0 Å². The van der Waals surface area contributed by atoms with Crippen molar-refractivity contribution >= 4 is 11.6 Å². The molecular weight excluding hydrogens is 115 g/mol. The molecule has 1 rings (SSSR count). The predicted octanol–water partition coefficient (Wildman–Crippen LogP) is 0.682. The van der Waals surface area contributed by atoms with Gasteiger partial charge >= 0.3 is 0 Å². The van der Waals surface area contributed by atoms with Gasteiger partial charge in [-0.3, -0.25) is 0 Å². The van der Waals surface area contributed by atoms with Crippen LogP contribution < -0.4 is 0 Å². The maximum absolute atomic E-state index is 8.74. The lowest BCUT2D eigenvalue weighted by atomic mass is 10.4. The van der Waals surface area contributed by atoms with Crippen molar-refractivity contribution in [3.05, 3.63) is 0 Å². The Labute approximate surface area is 47.0 Å². The molecule has 42 valence electrons. The van der Waals surface area contributed by atoms with Gasteiger partial charge < -0.3 is 9.84 Å². The zero-order valence-corrected chi connectivity index (χ0v) is 4.61. The number of aliphatic hydroxyl groups is 1. The molecule has 0 radical (unpaired) electrons. The average molecular weight is 123 g/mol. The number of rotatable bonds is 0. The highest BCUT2D eigenvalue weighted by Crippen LogP contribution is 2.25. The van der Waals surface area contributed by atoms with Crippen LogP contribution in [0.4, 0.5) is 0 Å². The van der Waals surface area contributed by atoms with Gasteiger partial charge in [-0.2, -0.15) is 0 Å². The van der Waals surface area contributed by atoms with Gasteiger partial charge in [0.05, 0.1) is 6.61 Å². The molecule has 1 saturated heterocycles. The predicted molar refractivity (Wildman–Crippen MR) is 26.0 cm³/mol. The molecule has 0 saturated carbocycles. The molecule has 0 aromatic rings. The van der Waals surface area contributed by atoms with Crippen molar-refractivity contribution in [1.29, 1.82) is 0 Å². The highest BCUT2D eigenvalue weighted by molar-refractivity contribution is 6.21. The zero-order valence-electron chi connectivity index (χ0n) is 3.85. The van der Waals surface area contributed by atoms with Gasteiger partial charge in [0.1, 0.15) is 0 Å². The maximum Gasteiger partial charge on any atom is 0.245 e. The highest BCUT2D eigenvalue weighted by Gasteiger charge is 2.28. The van der Waals surface area contributed by atoms with Crippen LogP contribution in [0.25, 0.3) is 0 Å². The number of halogens is 1. The molecule has 1 fully saturated rings. The quantitative estimate of drug-likeness (QED) is 0.479. The first-order valence-electron chi connectivity index (χ1n) is 2.26. The second-order valence-corrected chi connectivity index (χ2v) is 2.23. The molecule has 1 aliphatic heterocycles. The maximum atomic E-state index is 8.74. The van der Waals surface area contributed by atoms with Crippen LogP contribution in [-0.4, -0.2) is 17.0 Å². The monoisotopic (exact) mass is 122 g/mol. The summed E-state index contributed by atoms with van der Waals surface area (Å²) in [6, 6.07) is 0. The molecular formula is C4H7ClO2. The van der Waals surface area contributed by atoms with E-state index >= 15 is 0 Å². The van der Waals surface area contributed by atoms with Gasteiger partial charge in [-0.25, -0.2) is 0 Å². The number of hydrogen-bond donors (Lipinski definition) is 1. The summed E-state index contributed by atoms with van der Waals surface area (Å²) in [6.07, 6.45) is 1.41. The largest absolute Gasteiger partial charge is 0.353 e. The minimum Gasteiger partial charge on any atom is -0.353 e. The molecule has 1 unspecified atom stereocenters. The van der Waals surface area contributed by atoms with Crippen molar-refractivity contribution in [1.82, 2.24) is 0 Å². The molecule has 2 nitrogen and oxygen atoms in total. The second-order valence-electron chi connectivity index (χ2n) is 1.64. The van der Waals surface area contributed by atoms with E-state index in [1.54, 1.807) is 0 Å². The summed E-state index contributed by atoms with van der Waals surface area (Å²) < 4.78 is 4.66. The molecule has 0 bridgehead atoms. The third-order valence-electron chi connectivity index (χ3n) is 0.953. The Bertz CT molecular complexity index is 64.1. The van der Waals surface area contributed by atoms with Crippen molar-refractivity contribution in [3.63, 3.8) is 0 Å². The molecule has 0 aliphatic carbocycles. The lowest BCUT2D eigenvalue weighted by molar-refractivity contribution is -0.0995. The topological polar surface area (TPSA) is 29.5 Å². The van der Waals surface area contributed by atoms with Crippen LogP contribution in [0.1, 0.15) is 12.8 Å². The smallest absolute Gasteiger partial charge is 0.245 e. The molecule has 1 aliphatic rings. The van der Waals surface area contributed by atoms with E-state index < -0.39 is 5.25 Å². The first-order valence-corrected chi connectivity index (χ1v) is 2.64. The minimum atomic E-state index is -1.33. The fraction of sp³-hybridized carbons (Fsp3) is 1.00. The summed E-state index contributed by atoms with van der Waals surface area (Å²) in [7, 11) is 0. The average Bonchev–Trinajstić information content (AvgIpc) is 1.84. The standard InChI is InChI=1S/C4H7ClO2/c5-4(6)2-1-3-7-4/h6H,1-3H2. The van der Waals surface area contributed by atoms with E-state index in [2.05, 4.69) is 4.74 Å². The molecule has 0 aromatic carbocycles. The minimum absolute atomic E-state index is 0.550. The number of ether oxygens (including phenoxy) is 1. The summed E-state index contributed by atoms with van der Waals surface area (Å²) in [6.45, 7) is 0.583. The summed E-state index contributed by atoms with van der Waals surface area (Å²) >= 11 is 5.30. The summed E-state index contributed by atoms with van der Waals surface area (Å²) in [5, 5.41) is 7.40. The van der Waals surface area contributed by atoms with Crippen LogP contribution in [0.15, 0.2) is 0 Å². The Hall–Kier alpha value is 0.210. The Morgan fingerprint density at radius 2 is 2.43 bits per heavy atom. The van der Waals surface area contributed by atoms with E-state index in [-0.39, 0.29) is 0 Å².